The van der Waals surface area contributed by atoms with Crippen LogP contribution in [0, 0.1) is 0 Å². The molecule has 0 bridgehead atoms. The minimum Gasteiger partial charge on any atom is -0.489 e. The number of carboxylic acid groups (broad SMARTS) is 1. The Balaban J connectivity index is 1.92. The molecule has 5 nitrogen and oxygen atoms in total. The maximum atomic E-state index is 11.0. The Morgan fingerprint density at radius 2 is 1.74 bits per heavy atom. The number of carboxylic acids is 1. The van der Waals surface area contributed by atoms with E-state index in [0.717, 1.165) is 11.1 Å². The van der Waals surface area contributed by atoms with Gasteiger partial charge in [0.1, 0.15) is 18.4 Å². The molecule has 0 spiro atoms. The lowest BCUT2D eigenvalue weighted by molar-refractivity contribution is -0.140. The molecule has 2 rings (SSSR count). The van der Waals surface area contributed by atoms with Crippen molar-refractivity contribution in [3.8, 4) is 5.75 Å². The molecule has 0 saturated carbocycles. The van der Waals surface area contributed by atoms with Crippen molar-refractivity contribution in [2.45, 2.75) is 19.1 Å². The summed E-state index contributed by atoms with van der Waals surface area (Å²) in [4.78, 5) is 21.4. The molecular weight excluding hydrogens is 318 g/mol. The first kappa shape index (κ1) is 16.8. The molecule has 23 heavy (non-hydrogen) atoms. The van der Waals surface area contributed by atoms with Crippen LogP contribution in [0.4, 0.5) is 0 Å². The Hall–Kier alpha value is -2.53. The summed E-state index contributed by atoms with van der Waals surface area (Å²) >= 11 is 5.82. The van der Waals surface area contributed by atoms with Crippen molar-refractivity contribution >= 4 is 24.0 Å². The third-order valence-electron chi connectivity index (χ3n) is 3.25. The molecule has 2 aromatic carbocycles. The minimum absolute atomic E-state index is 0.214. The Morgan fingerprint density at radius 3 is 2.30 bits per heavy atom. The van der Waals surface area contributed by atoms with Crippen LogP contribution in [-0.2, 0) is 22.6 Å². The molecule has 0 aromatic heterocycles. The molecule has 1 atom stereocenters. The van der Waals surface area contributed by atoms with Gasteiger partial charge in [-0.3, -0.25) is 4.79 Å². The Bertz CT molecular complexity index is 655. The number of aliphatic carboxylic acids is 1. The molecule has 0 aliphatic carbocycles. The third-order valence-corrected chi connectivity index (χ3v) is 3.50. The number of carbonyl (C=O) groups excluding carboxylic acids is 1. The lowest BCUT2D eigenvalue weighted by Crippen LogP contribution is -2.37. The predicted octanol–water partition coefficient (Wildman–Crippen LogP) is 2.66. The van der Waals surface area contributed by atoms with Gasteiger partial charge >= 0.3 is 5.97 Å². The monoisotopic (exact) mass is 333 g/mol. The molecule has 1 amide bonds. The average molecular weight is 334 g/mol. The molecule has 0 aliphatic heterocycles. The number of halogens is 1. The van der Waals surface area contributed by atoms with Crippen LogP contribution in [0.15, 0.2) is 48.5 Å². The molecule has 2 aromatic rings. The number of hydrogen-bond acceptors (Lipinski definition) is 3. The smallest absolute Gasteiger partial charge is 0.326 e. The average Bonchev–Trinajstić information content (AvgIpc) is 2.55. The molecule has 6 heteroatoms. The maximum absolute atomic E-state index is 11.0. The molecule has 0 unspecified atom stereocenters. The van der Waals surface area contributed by atoms with Gasteiger partial charge in [-0.2, -0.15) is 0 Å². The predicted molar refractivity (Wildman–Crippen MR) is 86.6 cm³/mol. The minimum atomic E-state index is -1.07. The van der Waals surface area contributed by atoms with Crippen LogP contribution >= 0.6 is 11.6 Å². The van der Waals surface area contributed by atoms with Crippen molar-refractivity contribution in [3.63, 3.8) is 0 Å². The van der Waals surface area contributed by atoms with Crippen LogP contribution in [0.25, 0.3) is 0 Å². The lowest BCUT2D eigenvalue weighted by Gasteiger charge is -2.12. The molecule has 0 aliphatic rings. The quantitative estimate of drug-likeness (QED) is 0.728. The summed E-state index contributed by atoms with van der Waals surface area (Å²) in [6.07, 6.45) is 0.605. The zero-order chi connectivity index (χ0) is 16.7. The zero-order valence-corrected chi connectivity index (χ0v) is 13.0. The van der Waals surface area contributed by atoms with E-state index in [2.05, 4.69) is 5.32 Å². The highest BCUT2D eigenvalue weighted by molar-refractivity contribution is 6.30. The van der Waals surface area contributed by atoms with Gasteiger partial charge in [0.25, 0.3) is 0 Å². The third kappa shape index (κ3) is 5.30. The number of benzene rings is 2. The molecule has 0 saturated heterocycles. The van der Waals surface area contributed by atoms with E-state index in [4.69, 9.17) is 21.4 Å². The van der Waals surface area contributed by atoms with Gasteiger partial charge in [-0.05, 0) is 35.4 Å². The number of carbonyl (C=O) groups is 2. The van der Waals surface area contributed by atoms with Crippen molar-refractivity contribution in [1.29, 1.82) is 0 Å². The van der Waals surface area contributed by atoms with E-state index < -0.39 is 12.0 Å². The van der Waals surface area contributed by atoms with Crippen LogP contribution in [-0.4, -0.2) is 23.5 Å². The van der Waals surface area contributed by atoms with E-state index in [9.17, 15) is 9.59 Å². The van der Waals surface area contributed by atoms with Crippen LogP contribution in [0.5, 0.6) is 5.75 Å². The van der Waals surface area contributed by atoms with Crippen molar-refractivity contribution < 1.29 is 19.4 Å². The summed E-state index contributed by atoms with van der Waals surface area (Å²) in [7, 11) is 0. The molecule has 2 N–H and O–H groups in total. The topological polar surface area (TPSA) is 75.6 Å². The molecular formula is C17H16ClNO4. The summed E-state index contributed by atoms with van der Waals surface area (Å²) in [6.45, 7) is 0.418. The van der Waals surface area contributed by atoms with Gasteiger partial charge in [0.15, 0.2) is 0 Å². The van der Waals surface area contributed by atoms with Crippen LogP contribution < -0.4 is 10.1 Å². The highest BCUT2D eigenvalue weighted by Gasteiger charge is 2.16. The zero-order valence-electron chi connectivity index (χ0n) is 12.2. The van der Waals surface area contributed by atoms with Crippen LogP contribution in [0.1, 0.15) is 11.1 Å². The number of hydrogen-bond donors (Lipinski definition) is 2. The summed E-state index contributed by atoms with van der Waals surface area (Å²) in [5.41, 5.74) is 1.80. The number of amides is 1. The fourth-order valence-electron chi connectivity index (χ4n) is 2.00. The Kier molecular flexibility index (Phi) is 6.00. The normalized spacial score (nSPS) is 11.5. The van der Waals surface area contributed by atoms with Gasteiger partial charge in [0.2, 0.25) is 6.41 Å². The molecule has 0 heterocycles. The SMILES string of the molecule is O=CN[C@@H](Cc1ccc(OCc2ccc(Cl)cc2)cc1)C(=O)O. The van der Waals surface area contributed by atoms with Crippen molar-refractivity contribution in [1.82, 2.24) is 5.32 Å². The van der Waals surface area contributed by atoms with E-state index in [0.29, 0.717) is 23.8 Å². The second-order valence-corrected chi connectivity index (χ2v) is 5.37. The van der Waals surface area contributed by atoms with Gasteiger partial charge in [-0.1, -0.05) is 35.9 Å². The number of rotatable bonds is 8. The van der Waals surface area contributed by atoms with Gasteiger partial charge in [-0.25, -0.2) is 4.79 Å². The largest absolute Gasteiger partial charge is 0.489 e. The molecule has 120 valence electrons. The first-order valence-electron chi connectivity index (χ1n) is 6.97. The van der Waals surface area contributed by atoms with Crippen LogP contribution in [0.3, 0.4) is 0 Å². The second-order valence-electron chi connectivity index (χ2n) is 4.94. The van der Waals surface area contributed by atoms with E-state index in [1.807, 2.05) is 12.1 Å². The van der Waals surface area contributed by atoms with E-state index >= 15 is 0 Å². The second kappa shape index (κ2) is 8.19. The standard InChI is InChI=1S/C17H16ClNO4/c18-14-5-1-13(2-6-14)10-23-15-7-3-12(4-8-15)9-16(17(21)22)19-11-20/h1-8,11,16H,9-10H2,(H,19,20)(H,21,22)/t16-/m0/s1. The summed E-state index contributed by atoms with van der Waals surface area (Å²) in [5, 5.41) is 11.9. The van der Waals surface area contributed by atoms with E-state index in [1.165, 1.54) is 0 Å². The van der Waals surface area contributed by atoms with Crippen molar-refractivity contribution in [2.24, 2.45) is 0 Å². The first-order valence-corrected chi connectivity index (χ1v) is 7.35. The highest BCUT2D eigenvalue weighted by atomic mass is 35.5. The number of nitrogens with one attached hydrogen (secondary N) is 1. The number of ether oxygens (including phenoxy) is 1. The highest BCUT2D eigenvalue weighted by Crippen LogP contribution is 2.16. The first-order chi connectivity index (χ1) is 11.1. The Labute approximate surface area is 138 Å². The molecule has 0 radical (unpaired) electrons. The fourth-order valence-corrected chi connectivity index (χ4v) is 2.13. The van der Waals surface area contributed by atoms with Gasteiger partial charge < -0.3 is 15.2 Å². The Morgan fingerprint density at radius 1 is 1.13 bits per heavy atom. The van der Waals surface area contributed by atoms with Gasteiger partial charge in [-0.15, -0.1) is 0 Å². The van der Waals surface area contributed by atoms with Crippen molar-refractivity contribution in [3.05, 3.63) is 64.7 Å². The van der Waals surface area contributed by atoms with E-state index in [-0.39, 0.29) is 6.42 Å². The molecule has 0 fully saturated rings. The lowest BCUT2D eigenvalue weighted by atomic mass is 10.1. The van der Waals surface area contributed by atoms with Crippen molar-refractivity contribution in [2.75, 3.05) is 0 Å². The summed E-state index contributed by atoms with van der Waals surface area (Å²) in [6, 6.07) is 13.5. The van der Waals surface area contributed by atoms with Crippen LogP contribution in [0.2, 0.25) is 5.02 Å². The van der Waals surface area contributed by atoms with E-state index in [1.54, 1.807) is 36.4 Å². The summed E-state index contributed by atoms with van der Waals surface area (Å²) in [5.74, 6) is -0.390. The summed E-state index contributed by atoms with van der Waals surface area (Å²) < 4.78 is 5.66. The van der Waals surface area contributed by atoms with Gasteiger partial charge in [0.05, 0.1) is 0 Å². The fraction of sp³-hybridized carbons (Fsp3) is 0.176. The maximum Gasteiger partial charge on any atom is 0.326 e. The van der Waals surface area contributed by atoms with Gasteiger partial charge in [0, 0.05) is 11.4 Å².